The average Bonchev–Trinajstić information content (AvgIpc) is 2.36. The van der Waals surface area contributed by atoms with Crippen molar-refractivity contribution >= 4 is 10.9 Å². The van der Waals surface area contributed by atoms with Crippen molar-refractivity contribution in [2.45, 2.75) is 6.92 Å². The highest BCUT2D eigenvalue weighted by Gasteiger charge is 1.97. The largest absolute Gasteiger partial charge is 0.363 e. The number of hydrogen-bond acceptors (Lipinski definition) is 2. The van der Waals surface area contributed by atoms with Crippen LogP contribution in [0.2, 0.25) is 0 Å². The maximum Gasteiger partial charge on any atom is 0.131 e. The van der Waals surface area contributed by atoms with Crippen LogP contribution in [-0.2, 0) is 0 Å². The highest BCUT2D eigenvalue weighted by atomic mass is 16.5. The summed E-state index contributed by atoms with van der Waals surface area (Å²) in [6.45, 7) is 2.02. The zero-order valence-electron chi connectivity index (χ0n) is 5.66. The Kier molecular flexibility index (Phi) is 1.01. The Morgan fingerprint density at radius 1 is 1.40 bits per heavy atom. The molecule has 0 aliphatic carbocycles. The molecule has 0 aliphatic heterocycles. The van der Waals surface area contributed by atoms with E-state index in [0.29, 0.717) is 0 Å². The average molecular weight is 133 g/mol. The first-order valence-electron chi connectivity index (χ1n) is 3.17. The number of rotatable bonds is 0. The third-order valence-corrected chi connectivity index (χ3v) is 1.59. The molecule has 0 radical (unpaired) electrons. The van der Waals surface area contributed by atoms with Crippen molar-refractivity contribution in [2.75, 3.05) is 0 Å². The zero-order valence-corrected chi connectivity index (χ0v) is 5.66. The monoisotopic (exact) mass is 133 g/mol. The summed E-state index contributed by atoms with van der Waals surface area (Å²) in [4.78, 5) is 0. The minimum atomic E-state index is 0.961. The predicted molar refractivity (Wildman–Crippen MR) is 38.7 cm³/mol. The molecule has 0 unspecified atom stereocenters. The van der Waals surface area contributed by atoms with Gasteiger partial charge in [0.15, 0.2) is 0 Å². The maximum atomic E-state index is 4.80. The SMILES string of the molecule is Cc1cccc2conc12. The summed E-state index contributed by atoms with van der Waals surface area (Å²) in [6.07, 6.45) is 1.66. The van der Waals surface area contributed by atoms with Gasteiger partial charge in [0, 0.05) is 5.39 Å². The van der Waals surface area contributed by atoms with Crippen LogP contribution in [0.4, 0.5) is 0 Å². The standard InChI is InChI=1S/C8H7NO/c1-6-3-2-4-7-5-10-9-8(6)7/h2-5H,1H3. The van der Waals surface area contributed by atoms with Crippen molar-refractivity contribution in [1.82, 2.24) is 5.16 Å². The molecule has 2 rings (SSSR count). The topological polar surface area (TPSA) is 26.0 Å². The van der Waals surface area contributed by atoms with Gasteiger partial charge in [-0.25, -0.2) is 0 Å². The Balaban J connectivity index is 2.95. The van der Waals surface area contributed by atoms with Crippen molar-refractivity contribution < 1.29 is 4.52 Å². The van der Waals surface area contributed by atoms with Crippen LogP contribution in [0.1, 0.15) is 5.56 Å². The van der Waals surface area contributed by atoms with Gasteiger partial charge in [-0.1, -0.05) is 17.3 Å². The molecule has 1 aromatic heterocycles. The summed E-state index contributed by atoms with van der Waals surface area (Å²) in [7, 11) is 0. The first-order chi connectivity index (χ1) is 4.88. The first kappa shape index (κ1) is 5.47. The van der Waals surface area contributed by atoms with Gasteiger partial charge in [-0.05, 0) is 18.6 Å². The molecule has 0 fully saturated rings. The Morgan fingerprint density at radius 3 is 3.10 bits per heavy atom. The number of nitrogens with zero attached hydrogens (tertiary/aromatic N) is 1. The van der Waals surface area contributed by atoms with Crippen LogP contribution < -0.4 is 0 Å². The van der Waals surface area contributed by atoms with Crippen LogP contribution in [0.15, 0.2) is 29.0 Å². The van der Waals surface area contributed by atoms with Gasteiger partial charge in [0.2, 0.25) is 0 Å². The summed E-state index contributed by atoms with van der Waals surface area (Å²) in [5, 5.41) is 4.91. The van der Waals surface area contributed by atoms with Crippen LogP contribution in [0.25, 0.3) is 10.9 Å². The molecular formula is C8H7NO. The van der Waals surface area contributed by atoms with Gasteiger partial charge in [0.05, 0.1) is 0 Å². The normalized spacial score (nSPS) is 10.5. The Labute approximate surface area is 58.4 Å². The van der Waals surface area contributed by atoms with Crippen molar-refractivity contribution in [3.8, 4) is 0 Å². The van der Waals surface area contributed by atoms with Crippen LogP contribution in [0, 0.1) is 6.92 Å². The molecule has 1 heterocycles. The van der Waals surface area contributed by atoms with Gasteiger partial charge in [-0.15, -0.1) is 0 Å². The van der Waals surface area contributed by atoms with E-state index in [4.69, 9.17) is 4.52 Å². The van der Waals surface area contributed by atoms with E-state index in [0.717, 1.165) is 16.5 Å². The molecule has 2 nitrogen and oxygen atoms in total. The molecule has 50 valence electrons. The highest BCUT2D eigenvalue weighted by molar-refractivity contribution is 5.80. The molecule has 2 aromatic rings. The summed E-state index contributed by atoms with van der Waals surface area (Å²) >= 11 is 0. The number of fused-ring (bicyclic) bond motifs is 1. The van der Waals surface area contributed by atoms with Gasteiger partial charge >= 0.3 is 0 Å². The smallest absolute Gasteiger partial charge is 0.131 e. The summed E-state index contributed by atoms with van der Waals surface area (Å²) in [5.41, 5.74) is 2.12. The van der Waals surface area contributed by atoms with Crippen molar-refractivity contribution in [3.05, 3.63) is 30.0 Å². The van der Waals surface area contributed by atoms with E-state index < -0.39 is 0 Å². The van der Waals surface area contributed by atoms with Crippen molar-refractivity contribution in [2.24, 2.45) is 0 Å². The molecule has 2 heteroatoms. The quantitative estimate of drug-likeness (QED) is 0.550. The second kappa shape index (κ2) is 1.84. The predicted octanol–water partition coefficient (Wildman–Crippen LogP) is 2.14. The van der Waals surface area contributed by atoms with Crippen LogP contribution >= 0.6 is 0 Å². The van der Waals surface area contributed by atoms with Gasteiger partial charge in [0.25, 0.3) is 0 Å². The number of benzene rings is 1. The molecule has 0 bridgehead atoms. The summed E-state index contributed by atoms with van der Waals surface area (Å²) < 4.78 is 4.80. The Hall–Kier alpha value is -1.31. The Bertz CT molecular complexity index is 351. The van der Waals surface area contributed by atoms with Crippen molar-refractivity contribution in [3.63, 3.8) is 0 Å². The first-order valence-corrected chi connectivity index (χ1v) is 3.17. The fourth-order valence-electron chi connectivity index (χ4n) is 1.04. The molecule has 0 aliphatic rings. The van der Waals surface area contributed by atoms with Gasteiger partial charge in [-0.3, -0.25) is 0 Å². The van der Waals surface area contributed by atoms with Crippen LogP contribution in [0.5, 0.6) is 0 Å². The molecule has 0 amide bonds. The molecule has 1 aromatic carbocycles. The summed E-state index contributed by atoms with van der Waals surface area (Å²) in [5.74, 6) is 0. The molecular weight excluding hydrogens is 126 g/mol. The number of aromatic nitrogens is 1. The summed E-state index contributed by atoms with van der Waals surface area (Å²) in [6, 6.07) is 6.00. The van der Waals surface area contributed by atoms with E-state index in [1.165, 1.54) is 0 Å². The lowest BCUT2D eigenvalue weighted by atomic mass is 10.2. The molecule has 0 N–H and O–H groups in total. The lowest BCUT2D eigenvalue weighted by molar-refractivity contribution is 0.428. The fraction of sp³-hybridized carbons (Fsp3) is 0.125. The lowest BCUT2D eigenvalue weighted by Crippen LogP contribution is -1.72. The lowest BCUT2D eigenvalue weighted by Gasteiger charge is -1.88. The van der Waals surface area contributed by atoms with Gasteiger partial charge in [0.1, 0.15) is 11.8 Å². The molecule has 0 atom stereocenters. The molecule has 0 saturated carbocycles. The Morgan fingerprint density at radius 2 is 2.30 bits per heavy atom. The van der Waals surface area contributed by atoms with E-state index in [2.05, 4.69) is 5.16 Å². The molecule has 0 saturated heterocycles. The molecule has 0 spiro atoms. The van der Waals surface area contributed by atoms with Gasteiger partial charge in [-0.2, -0.15) is 0 Å². The number of aryl methyl sites for hydroxylation is 1. The third kappa shape index (κ3) is 0.620. The second-order valence-corrected chi connectivity index (χ2v) is 2.33. The van der Waals surface area contributed by atoms with E-state index >= 15 is 0 Å². The minimum Gasteiger partial charge on any atom is -0.363 e. The van der Waals surface area contributed by atoms with E-state index in [1.807, 2.05) is 25.1 Å². The fourth-order valence-corrected chi connectivity index (χ4v) is 1.04. The highest BCUT2D eigenvalue weighted by Crippen LogP contribution is 2.14. The zero-order chi connectivity index (χ0) is 6.97. The van der Waals surface area contributed by atoms with E-state index in [-0.39, 0.29) is 0 Å². The van der Waals surface area contributed by atoms with E-state index in [9.17, 15) is 0 Å². The minimum absolute atomic E-state index is 0.961. The van der Waals surface area contributed by atoms with Crippen LogP contribution in [0.3, 0.4) is 0 Å². The van der Waals surface area contributed by atoms with Crippen molar-refractivity contribution in [1.29, 1.82) is 0 Å². The van der Waals surface area contributed by atoms with Crippen LogP contribution in [-0.4, -0.2) is 5.16 Å². The molecule has 10 heavy (non-hydrogen) atoms. The van der Waals surface area contributed by atoms with Gasteiger partial charge < -0.3 is 4.52 Å². The van der Waals surface area contributed by atoms with E-state index in [1.54, 1.807) is 6.26 Å². The number of hydrogen-bond donors (Lipinski definition) is 0. The second-order valence-electron chi connectivity index (χ2n) is 2.33. The third-order valence-electron chi connectivity index (χ3n) is 1.59. The maximum absolute atomic E-state index is 4.80.